The highest BCUT2D eigenvalue weighted by Crippen LogP contribution is 2.45. The number of aliphatic carboxylic acids is 1. The molecule has 1 aliphatic heterocycles. The van der Waals surface area contributed by atoms with Gasteiger partial charge in [-0.2, -0.15) is 0 Å². The molecule has 9 heteroatoms. The maximum atomic E-state index is 13.0. The van der Waals surface area contributed by atoms with Gasteiger partial charge in [0.25, 0.3) is 11.6 Å². The number of amides is 1. The van der Waals surface area contributed by atoms with Crippen molar-refractivity contribution in [1.82, 2.24) is 4.90 Å². The summed E-state index contributed by atoms with van der Waals surface area (Å²) in [5.74, 6) is -1.42. The summed E-state index contributed by atoms with van der Waals surface area (Å²) in [4.78, 5) is 37.4. The molecule has 0 aromatic heterocycles. The number of nitro groups is 1. The van der Waals surface area contributed by atoms with Crippen molar-refractivity contribution in [1.29, 1.82) is 0 Å². The van der Waals surface area contributed by atoms with Crippen molar-refractivity contribution in [3.8, 4) is 5.75 Å². The number of carboxylic acids is 1. The number of carbonyl (C=O) groups is 2. The van der Waals surface area contributed by atoms with E-state index in [9.17, 15) is 24.8 Å². The van der Waals surface area contributed by atoms with Gasteiger partial charge < -0.3 is 14.7 Å². The maximum absolute atomic E-state index is 13.0. The van der Waals surface area contributed by atoms with E-state index in [1.165, 1.54) is 35.9 Å². The molecule has 1 aromatic rings. The highest BCUT2D eigenvalue weighted by molar-refractivity contribution is 7.98. The predicted octanol–water partition coefficient (Wildman–Crippen LogP) is 2.51. The van der Waals surface area contributed by atoms with E-state index < -0.39 is 22.7 Å². The van der Waals surface area contributed by atoms with E-state index in [-0.39, 0.29) is 23.7 Å². The topological polar surface area (TPSA) is 110 Å². The highest BCUT2D eigenvalue weighted by Gasteiger charge is 2.47. The van der Waals surface area contributed by atoms with Crippen molar-refractivity contribution in [2.45, 2.75) is 17.7 Å². The molecule has 1 N–H and O–H groups in total. The molecule has 1 amide bonds. The van der Waals surface area contributed by atoms with E-state index >= 15 is 0 Å². The van der Waals surface area contributed by atoms with Gasteiger partial charge in [-0.25, -0.2) is 0 Å². The van der Waals surface area contributed by atoms with Gasteiger partial charge in [0, 0.05) is 13.1 Å². The van der Waals surface area contributed by atoms with Gasteiger partial charge >= 0.3 is 5.97 Å². The summed E-state index contributed by atoms with van der Waals surface area (Å²) >= 11 is 1.32. The zero-order valence-corrected chi connectivity index (χ0v) is 15.3. The first-order chi connectivity index (χ1) is 12.4. The number of methoxy groups -OCH3 is 1. The van der Waals surface area contributed by atoms with Crippen LogP contribution in [0.25, 0.3) is 0 Å². The van der Waals surface area contributed by atoms with Crippen LogP contribution in [0.1, 0.15) is 23.2 Å². The normalized spacial score (nSPS) is 22.3. The van der Waals surface area contributed by atoms with Crippen LogP contribution in [0.2, 0.25) is 0 Å². The van der Waals surface area contributed by atoms with E-state index in [1.54, 1.807) is 6.26 Å². The zero-order valence-electron chi connectivity index (χ0n) is 14.5. The minimum absolute atomic E-state index is 0.0271. The summed E-state index contributed by atoms with van der Waals surface area (Å²) in [6.07, 6.45) is 3.75. The van der Waals surface area contributed by atoms with Crippen molar-refractivity contribution in [2.75, 3.05) is 26.5 Å². The fraction of sp³-hybridized carbons (Fsp3) is 0.529. The summed E-state index contributed by atoms with van der Waals surface area (Å²) in [5, 5.41) is 20.9. The monoisotopic (exact) mass is 380 g/mol. The average molecular weight is 380 g/mol. The lowest BCUT2D eigenvalue weighted by Gasteiger charge is -2.17. The van der Waals surface area contributed by atoms with Crippen molar-refractivity contribution in [3.63, 3.8) is 0 Å². The number of hydrogen-bond acceptors (Lipinski definition) is 6. The van der Waals surface area contributed by atoms with Crippen molar-refractivity contribution < 1.29 is 24.4 Å². The largest absolute Gasteiger partial charge is 0.495 e. The quantitative estimate of drug-likeness (QED) is 0.459. The van der Waals surface area contributed by atoms with Crippen LogP contribution in [0.5, 0.6) is 5.75 Å². The molecule has 2 fully saturated rings. The average Bonchev–Trinajstić information content (AvgIpc) is 3.37. The Morgan fingerprint density at radius 3 is 2.54 bits per heavy atom. The molecule has 2 aliphatic rings. The van der Waals surface area contributed by atoms with Gasteiger partial charge in [-0.1, -0.05) is 0 Å². The minimum Gasteiger partial charge on any atom is -0.495 e. The molecule has 1 saturated carbocycles. The summed E-state index contributed by atoms with van der Waals surface area (Å²) in [6, 6.07) is 2.71. The van der Waals surface area contributed by atoms with Crippen molar-refractivity contribution >= 4 is 29.3 Å². The first-order valence-corrected chi connectivity index (χ1v) is 9.52. The van der Waals surface area contributed by atoms with Crippen molar-refractivity contribution in [3.05, 3.63) is 27.8 Å². The van der Waals surface area contributed by atoms with Crippen LogP contribution < -0.4 is 4.74 Å². The molecule has 1 saturated heterocycles. The number of thioether (sulfide) groups is 1. The first-order valence-electron chi connectivity index (χ1n) is 8.29. The molecule has 0 radical (unpaired) electrons. The lowest BCUT2D eigenvalue weighted by molar-refractivity contribution is -0.385. The molecule has 0 spiro atoms. The number of carboxylic acid groups (broad SMARTS) is 1. The Kier molecular flexibility index (Phi) is 5.08. The van der Waals surface area contributed by atoms with Crippen LogP contribution in [-0.4, -0.2) is 53.3 Å². The standard InChI is InChI=1S/C17H20N2O6S/c1-25-14-6-13(19(23)24)10(5-15(14)26-2)16(20)18-7-11(9-3-4-9)12(8-18)17(21)22/h5-6,9,11-12H,3-4,7-8H2,1-2H3,(H,21,22)/t11-,12+/m1/s1. The molecule has 0 unspecified atom stereocenters. The van der Waals surface area contributed by atoms with E-state index in [2.05, 4.69) is 0 Å². The Morgan fingerprint density at radius 1 is 1.35 bits per heavy atom. The fourth-order valence-corrected chi connectivity index (χ4v) is 4.20. The molecule has 0 bridgehead atoms. The van der Waals surface area contributed by atoms with E-state index in [4.69, 9.17) is 4.74 Å². The lowest BCUT2D eigenvalue weighted by atomic mass is 9.92. The number of nitro benzene ring substituents is 1. The Labute approximate surface area is 154 Å². The number of benzene rings is 1. The van der Waals surface area contributed by atoms with Gasteiger partial charge in [0.05, 0.1) is 28.9 Å². The fourth-order valence-electron chi connectivity index (χ4n) is 3.62. The van der Waals surface area contributed by atoms with E-state index in [0.717, 1.165) is 12.8 Å². The molecule has 8 nitrogen and oxygen atoms in total. The van der Waals surface area contributed by atoms with Gasteiger partial charge in [-0.3, -0.25) is 19.7 Å². The van der Waals surface area contributed by atoms with Crippen LogP contribution >= 0.6 is 11.8 Å². The van der Waals surface area contributed by atoms with Gasteiger partial charge in [0.15, 0.2) is 0 Å². The number of carbonyl (C=O) groups excluding carboxylic acids is 1. The summed E-state index contributed by atoms with van der Waals surface area (Å²) in [7, 11) is 1.42. The zero-order chi connectivity index (χ0) is 19.0. The second-order valence-electron chi connectivity index (χ2n) is 6.64. The molecule has 1 heterocycles. The summed E-state index contributed by atoms with van der Waals surface area (Å²) < 4.78 is 5.16. The molecule has 26 heavy (non-hydrogen) atoms. The first kappa shape index (κ1) is 18.5. The summed E-state index contributed by atoms with van der Waals surface area (Å²) in [6.45, 7) is 0.422. The number of ether oxygens (including phenoxy) is 1. The highest BCUT2D eigenvalue weighted by atomic mass is 32.2. The second kappa shape index (κ2) is 7.14. The van der Waals surface area contributed by atoms with Crippen LogP contribution in [0.3, 0.4) is 0 Å². The Hall–Kier alpha value is -2.29. The Balaban J connectivity index is 1.94. The maximum Gasteiger partial charge on any atom is 0.308 e. The van der Waals surface area contributed by atoms with Crippen molar-refractivity contribution in [2.24, 2.45) is 17.8 Å². The van der Waals surface area contributed by atoms with Crippen LogP contribution in [0.4, 0.5) is 5.69 Å². The van der Waals surface area contributed by atoms with Gasteiger partial charge in [0.1, 0.15) is 11.3 Å². The third-order valence-electron chi connectivity index (χ3n) is 5.13. The van der Waals surface area contributed by atoms with Crippen LogP contribution in [0.15, 0.2) is 17.0 Å². The predicted molar refractivity (Wildman–Crippen MR) is 94.7 cm³/mol. The number of rotatable bonds is 6. The third-order valence-corrected chi connectivity index (χ3v) is 5.88. The second-order valence-corrected chi connectivity index (χ2v) is 7.49. The molecule has 140 valence electrons. The molecular weight excluding hydrogens is 360 g/mol. The van der Waals surface area contributed by atoms with E-state index in [0.29, 0.717) is 23.1 Å². The SMILES string of the molecule is COc1cc([N+](=O)[O-])c(C(=O)N2C[C@H](C(=O)O)[C@@H](C3CC3)C2)cc1SC. The molecule has 1 aliphatic carbocycles. The van der Waals surface area contributed by atoms with Gasteiger partial charge in [-0.05, 0) is 37.0 Å². The van der Waals surface area contributed by atoms with Crippen LogP contribution in [-0.2, 0) is 4.79 Å². The number of hydrogen-bond donors (Lipinski definition) is 1. The smallest absolute Gasteiger partial charge is 0.308 e. The number of nitrogens with zero attached hydrogens (tertiary/aromatic N) is 2. The molecule has 2 atom stereocenters. The Bertz CT molecular complexity index is 764. The van der Waals surface area contributed by atoms with E-state index in [1.807, 2.05) is 0 Å². The minimum atomic E-state index is -0.911. The molecule has 1 aromatic carbocycles. The van der Waals surface area contributed by atoms with Gasteiger partial charge in [-0.15, -0.1) is 11.8 Å². The van der Waals surface area contributed by atoms with Gasteiger partial charge in [0.2, 0.25) is 0 Å². The lowest BCUT2D eigenvalue weighted by Crippen LogP contribution is -2.30. The third kappa shape index (κ3) is 3.35. The van der Waals surface area contributed by atoms with Crippen LogP contribution in [0, 0.1) is 27.9 Å². The number of likely N-dealkylation sites (tertiary alicyclic amines) is 1. The Morgan fingerprint density at radius 2 is 2.04 bits per heavy atom. The summed E-state index contributed by atoms with van der Waals surface area (Å²) in [5.41, 5.74) is -0.355. The molecule has 3 rings (SSSR count). The molecular formula is C17H20N2O6S.